The van der Waals surface area contributed by atoms with Crippen LogP contribution in [0.4, 0.5) is 0 Å². The summed E-state index contributed by atoms with van der Waals surface area (Å²) in [5.41, 5.74) is 4.58. The van der Waals surface area contributed by atoms with Gasteiger partial charge in [-0.25, -0.2) is 4.98 Å². The minimum atomic E-state index is 0. The van der Waals surface area contributed by atoms with Crippen LogP contribution in [-0.4, -0.2) is 27.7 Å². The molecule has 2 heterocycles. The average molecular weight is 508 g/mol. The number of aromatic nitrogens is 3. The van der Waals surface area contributed by atoms with E-state index >= 15 is 0 Å². The predicted molar refractivity (Wildman–Crippen MR) is 125 cm³/mol. The number of rotatable bonds is 8. The van der Waals surface area contributed by atoms with Gasteiger partial charge in [-0.05, 0) is 17.5 Å². The highest BCUT2D eigenvalue weighted by Crippen LogP contribution is 2.15. The lowest BCUT2D eigenvalue weighted by Crippen LogP contribution is -2.36. The van der Waals surface area contributed by atoms with Gasteiger partial charge >= 0.3 is 0 Å². The molecule has 0 bridgehead atoms. The summed E-state index contributed by atoms with van der Waals surface area (Å²) in [4.78, 5) is 8.42. The van der Waals surface area contributed by atoms with E-state index in [1.54, 1.807) is 13.2 Å². The Bertz CT molecular complexity index is 882. The Morgan fingerprint density at radius 1 is 1.14 bits per heavy atom. The molecule has 0 saturated heterocycles. The van der Waals surface area contributed by atoms with Crippen molar-refractivity contribution in [3.63, 3.8) is 0 Å². The molecule has 3 rings (SSSR count). The molecule has 2 N–H and O–H groups in total. The molecule has 0 aliphatic rings. The molecule has 0 unspecified atom stereocenters. The molecule has 1 aromatic carbocycles. The van der Waals surface area contributed by atoms with E-state index in [1.165, 1.54) is 11.1 Å². The average Bonchev–Trinajstić information content (AvgIpc) is 3.37. The zero-order valence-corrected chi connectivity index (χ0v) is 19.5. The van der Waals surface area contributed by atoms with Crippen molar-refractivity contribution in [1.82, 2.24) is 25.3 Å². The van der Waals surface area contributed by atoms with Gasteiger partial charge in [0, 0.05) is 51.1 Å². The van der Waals surface area contributed by atoms with E-state index in [9.17, 15) is 0 Å². The third kappa shape index (κ3) is 6.31. The van der Waals surface area contributed by atoms with Crippen molar-refractivity contribution < 1.29 is 4.52 Å². The van der Waals surface area contributed by atoms with Gasteiger partial charge in [-0.3, -0.25) is 4.99 Å². The van der Waals surface area contributed by atoms with E-state index in [0.29, 0.717) is 13.1 Å². The van der Waals surface area contributed by atoms with Gasteiger partial charge in [0.2, 0.25) is 0 Å². The quantitative estimate of drug-likeness (QED) is 0.277. The van der Waals surface area contributed by atoms with Crippen molar-refractivity contribution in [3.8, 4) is 0 Å². The van der Waals surface area contributed by atoms with E-state index in [1.807, 2.05) is 12.5 Å². The van der Waals surface area contributed by atoms with Crippen molar-refractivity contribution in [2.24, 2.45) is 4.99 Å². The second-order valence-corrected chi connectivity index (χ2v) is 6.57. The fourth-order valence-corrected chi connectivity index (χ4v) is 3.15. The van der Waals surface area contributed by atoms with Gasteiger partial charge < -0.3 is 19.7 Å². The highest BCUT2D eigenvalue weighted by molar-refractivity contribution is 14.0. The molecule has 0 amide bonds. The monoisotopic (exact) mass is 508 g/mol. The van der Waals surface area contributed by atoms with E-state index in [4.69, 9.17) is 4.52 Å². The standard InChI is InChI=1S/C21H28N6O.HI/c1-4-19-18(20(5-2)28-26-19)13-25-21(22-3)24-12-16-7-6-8-17(11-16)14-27-10-9-23-15-27;/h6-11,15H,4-5,12-14H2,1-3H3,(H2,22,24,25);1H. The third-order valence-corrected chi connectivity index (χ3v) is 4.64. The number of hydrogen-bond acceptors (Lipinski definition) is 4. The van der Waals surface area contributed by atoms with Gasteiger partial charge in [-0.2, -0.15) is 0 Å². The van der Waals surface area contributed by atoms with Crippen LogP contribution in [-0.2, 0) is 32.5 Å². The second kappa shape index (κ2) is 11.6. The lowest BCUT2D eigenvalue weighted by atomic mass is 10.1. The molecular formula is C21H29IN6O. The smallest absolute Gasteiger partial charge is 0.191 e. The van der Waals surface area contributed by atoms with Gasteiger partial charge in [0.1, 0.15) is 5.76 Å². The summed E-state index contributed by atoms with van der Waals surface area (Å²) < 4.78 is 7.49. The first-order chi connectivity index (χ1) is 13.7. The highest BCUT2D eigenvalue weighted by Gasteiger charge is 2.13. The van der Waals surface area contributed by atoms with Gasteiger partial charge in [0.15, 0.2) is 5.96 Å². The summed E-state index contributed by atoms with van der Waals surface area (Å²) in [5, 5.41) is 10.9. The molecule has 8 heteroatoms. The first-order valence-electron chi connectivity index (χ1n) is 9.67. The van der Waals surface area contributed by atoms with Crippen LogP contribution >= 0.6 is 24.0 Å². The van der Waals surface area contributed by atoms with Crippen LogP contribution in [0.5, 0.6) is 0 Å². The van der Waals surface area contributed by atoms with Crippen molar-refractivity contribution in [2.45, 2.75) is 46.3 Å². The number of nitrogens with zero attached hydrogens (tertiary/aromatic N) is 4. The molecule has 0 fully saturated rings. The van der Waals surface area contributed by atoms with Crippen LogP contribution in [0.15, 0.2) is 52.5 Å². The Kier molecular flexibility index (Phi) is 9.17. The lowest BCUT2D eigenvalue weighted by molar-refractivity contribution is 0.380. The molecule has 0 radical (unpaired) electrons. The predicted octanol–water partition coefficient (Wildman–Crippen LogP) is 3.53. The van der Waals surface area contributed by atoms with Crippen molar-refractivity contribution >= 4 is 29.9 Å². The fourth-order valence-electron chi connectivity index (χ4n) is 3.15. The summed E-state index contributed by atoms with van der Waals surface area (Å²) in [6.07, 6.45) is 7.29. The molecule has 0 saturated carbocycles. The van der Waals surface area contributed by atoms with E-state index in [0.717, 1.165) is 42.4 Å². The molecule has 156 valence electrons. The van der Waals surface area contributed by atoms with E-state index in [2.05, 4.69) is 68.4 Å². The number of nitrogens with one attached hydrogen (secondary N) is 2. The van der Waals surface area contributed by atoms with Gasteiger partial charge in [0.25, 0.3) is 0 Å². The first kappa shape index (κ1) is 22.9. The SMILES string of the molecule is CCc1noc(CC)c1CNC(=NC)NCc1cccc(Cn2ccnc2)c1.I. The number of aliphatic imine (C=N–C) groups is 1. The van der Waals surface area contributed by atoms with Crippen LogP contribution < -0.4 is 10.6 Å². The van der Waals surface area contributed by atoms with Crippen LogP contribution in [0, 0.1) is 0 Å². The van der Waals surface area contributed by atoms with E-state index < -0.39 is 0 Å². The third-order valence-electron chi connectivity index (χ3n) is 4.64. The molecule has 7 nitrogen and oxygen atoms in total. The van der Waals surface area contributed by atoms with Crippen LogP contribution in [0.25, 0.3) is 0 Å². The lowest BCUT2D eigenvalue weighted by Gasteiger charge is -2.13. The van der Waals surface area contributed by atoms with Crippen molar-refractivity contribution in [3.05, 3.63) is 71.1 Å². The minimum Gasteiger partial charge on any atom is -0.361 e. The van der Waals surface area contributed by atoms with Gasteiger partial charge in [0.05, 0.1) is 12.0 Å². The van der Waals surface area contributed by atoms with E-state index in [-0.39, 0.29) is 24.0 Å². The molecule has 2 aromatic heterocycles. The first-order valence-corrected chi connectivity index (χ1v) is 9.67. The Labute approximate surface area is 189 Å². The van der Waals surface area contributed by atoms with Crippen molar-refractivity contribution in [2.75, 3.05) is 7.05 Å². The Balaban J connectivity index is 0.00000300. The fraction of sp³-hybridized carbons (Fsp3) is 0.381. The molecule has 29 heavy (non-hydrogen) atoms. The molecule has 0 aliphatic carbocycles. The minimum absolute atomic E-state index is 0. The summed E-state index contributed by atoms with van der Waals surface area (Å²) in [7, 11) is 1.78. The van der Waals surface area contributed by atoms with Crippen LogP contribution in [0.2, 0.25) is 0 Å². The highest BCUT2D eigenvalue weighted by atomic mass is 127. The summed E-state index contributed by atoms with van der Waals surface area (Å²) in [6.45, 7) is 6.32. The molecule has 0 atom stereocenters. The summed E-state index contributed by atoms with van der Waals surface area (Å²) >= 11 is 0. The second-order valence-electron chi connectivity index (χ2n) is 6.57. The normalized spacial score (nSPS) is 11.2. The number of aryl methyl sites for hydroxylation is 2. The molecule has 0 spiro atoms. The van der Waals surface area contributed by atoms with Gasteiger partial charge in [-0.1, -0.05) is 43.3 Å². The Morgan fingerprint density at radius 2 is 1.93 bits per heavy atom. The topological polar surface area (TPSA) is 80.3 Å². The Hall–Kier alpha value is -2.36. The maximum Gasteiger partial charge on any atom is 0.191 e. The van der Waals surface area contributed by atoms with Crippen molar-refractivity contribution in [1.29, 1.82) is 0 Å². The Morgan fingerprint density at radius 3 is 2.62 bits per heavy atom. The van der Waals surface area contributed by atoms with Crippen LogP contribution in [0.1, 0.15) is 42.0 Å². The zero-order valence-electron chi connectivity index (χ0n) is 17.2. The number of benzene rings is 1. The largest absolute Gasteiger partial charge is 0.361 e. The number of guanidine groups is 1. The maximum atomic E-state index is 5.43. The number of imidazole rings is 1. The maximum absolute atomic E-state index is 5.43. The number of halogens is 1. The summed E-state index contributed by atoms with van der Waals surface area (Å²) in [6, 6.07) is 8.52. The van der Waals surface area contributed by atoms with Crippen LogP contribution in [0.3, 0.4) is 0 Å². The summed E-state index contributed by atoms with van der Waals surface area (Å²) in [5.74, 6) is 1.69. The number of hydrogen-bond donors (Lipinski definition) is 2. The molecule has 0 aliphatic heterocycles. The molecular weight excluding hydrogens is 479 g/mol. The van der Waals surface area contributed by atoms with Gasteiger partial charge in [-0.15, -0.1) is 24.0 Å². The molecule has 3 aromatic rings. The zero-order chi connectivity index (χ0) is 19.8.